The van der Waals surface area contributed by atoms with E-state index in [0.29, 0.717) is 12.0 Å². The number of nitrogens with zero attached hydrogens (tertiary/aromatic N) is 4. The van der Waals surface area contributed by atoms with Crippen LogP contribution in [0.2, 0.25) is 0 Å². The van der Waals surface area contributed by atoms with Crippen LogP contribution in [0.1, 0.15) is 44.7 Å². The maximum absolute atomic E-state index is 4.66. The van der Waals surface area contributed by atoms with Gasteiger partial charge in [0.05, 0.1) is 5.69 Å². The van der Waals surface area contributed by atoms with Crippen LogP contribution in [0.5, 0.6) is 0 Å². The molecule has 4 nitrogen and oxygen atoms in total. The lowest BCUT2D eigenvalue weighted by Gasteiger charge is -2.35. The Balaban J connectivity index is 2.05. The molecule has 1 fully saturated rings. The smallest absolute Gasteiger partial charge is 0.154 e. The Morgan fingerprint density at radius 1 is 1.40 bits per heavy atom. The SMILES string of the molecule is CC(C)c1cc2c(N3CCCCC3CBr)nccn2n1. The van der Waals surface area contributed by atoms with Gasteiger partial charge in [-0.1, -0.05) is 29.8 Å². The summed E-state index contributed by atoms with van der Waals surface area (Å²) in [5.74, 6) is 1.52. The molecule has 0 bridgehead atoms. The van der Waals surface area contributed by atoms with Crippen molar-refractivity contribution in [2.45, 2.75) is 45.1 Å². The Hall–Kier alpha value is -1.10. The van der Waals surface area contributed by atoms with Gasteiger partial charge in [0.25, 0.3) is 0 Å². The third kappa shape index (κ3) is 2.43. The quantitative estimate of drug-likeness (QED) is 0.803. The molecule has 2 aromatic heterocycles. The molecule has 108 valence electrons. The van der Waals surface area contributed by atoms with Gasteiger partial charge in [-0.3, -0.25) is 0 Å². The van der Waals surface area contributed by atoms with Crippen molar-refractivity contribution in [1.82, 2.24) is 14.6 Å². The minimum Gasteiger partial charge on any atom is -0.351 e. The molecule has 20 heavy (non-hydrogen) atoms. The second kappa shape index (κ2) is 5.72. The minimum absolute atomic E-state index is 0.441. The summed E-state index contributed by atoms with van der Waals surface area (Å²) < 4.78 is 1.97. The number of aromatic nitrogens is 3. The molecule has 0 amide bonds. The number of hydrogen-bond donors (Lipinski definition) is 0. The van der Waals surface area contributed by atoms with Gasteiger partial charge in [0.2, 0.25) is 0 Å². The molecule has 0 N–H and O–H groups in total. The monoisotopic (exact) mass is 336 g/mol. The first kappa shape index (κ1) is 13.9. The number of anilines is 1. The van der Waals surface area contributed by atoms with Gasteiger partial charge < -0.3 is 4.90 Å². The van der Waals surface area contributed by atoms with Crippen LogP contribution < -0.4 is 4.90 Å². The van der Waals surface area contributed by atoms with E-state index in [9.17, 15) is 0 Å². The number of hydrogen-bond acceptors (Lipinski definition) is 3. The Kier molecular flexibility index (Phi) is 3.96. The molecule has 1 unspecified atom stereocenters. The molecule has 3 heterocycles. The zero-order chi connectivity index (χ0) is 14.1. The van der Waals surface area contributed by atoms with Gasteiger partial charge in [-0.05, 0) is 31.2 Å². The Morgan fingerprint density at radius 3 is 3.00 bits per heavy atom. The number of rotatable bonds is 3. The minimum atomic E-state index is 0.441. The largest absolute Gasteiger partial charge is 0.351 e. The standard InChI is InChI=1S/C15H21BrN4/c1-11(2)13-9-14-15(17-6-8-20(14)18-13)19-7-4-3-5-12(19)10-16/h6,8-9,11-12H,3-5,7,10H2,1-2H3. The molecule has 1 aliphatic rings. The van der Waals surface area contributed by atoms with Crippen molar-refractivity contribution >= 4 is 27.3 Å². The third-order valence-corrected chi connectivity index (χ3v) is 4.80. The third-order valence-electron chi connectivity index (χ3n) is 4.06. The molecule has 0 aromatic carbocycles. The van der Waals surface area contributed by atoms with E-state index in [1.807, 2.05) is 16.9 Å². The maximum atomic E-state index is 4.66. The summed E-state index contributed by atoms with van der Waals surface area (Å²) in [6.45, 7) is 5.44. The lowest BCUT2D eigenvalue weighted by atomic mass is 10.0. The Labute approximate surface area is 128 Å². The highest BCUT2D eigenvalue weighted by Crippen LogP contribution is 2.28. The van der Waals surface area contributed by atoms with Gasteiger partial charge in [-0.25, -0.2) is 9.50 Å². The van der Waals surface area contributed by atoms with E-state index >= 15 is 0 Å². The van der Waals surface area contributed by atoms with Crippen molar-refractivity contribution in [3.63, 3.8) is 0 Å². The van der Waals surface area contributed by atoms with Crippen molar-refractivity contribution in [2.75, 3.05) is 16.8 Å². The summed E-state index contributed by atoms with van der Waals surface area (Å²) in [6, 6.07) is 2.73. The predicted molar refractivity (Wildman–Crippen MR) is 85.9 cm³/mol. The molecule has 3 rings (SSSR count). The van der Waals surface area contributed by atoms with Gasteiger partial charge in [-0.15, -0.1) is 0 Å². The Bertz CT molecular complexity index is 593. The molecule has 0 saturated carbocycles. The molecule has 0 spiro atoms. The molecular formula is C15H21BrN4. The van der Waals surface area contributed by atoms with Gasteiger partial charge in [0.1, 0.15) is 5.52 Å². The fraction of sp³-hybridized carbons (Fsp3) is 0.600. The summed E-state index contributed by atoms with van der Waals surface area (Å²) in [7, 11) is 0. The molecule has 0 aliphatic carbocycles. The van der Waals surface area contributed by atoms with Crippen LogP contribution in [0.3, 0.4) is 0 Å². The summed E-state index contributed by atoms with van der Waals surface area (Å²) >= 11 is 3.65. The molecule has 2 aromatic rings. The van der Waals surface area contributed by atoms with Gasteiger partial charge in [0.15, 0.2) is 5.82 Å². The molecular weight excluding hydrogens is 316 g/mol. The van der Waals surface area contributed by atoms with Gasteiger partial charge in [-0.2, -0.15) is 5.10 Å². The summed E-state index contributed by atoms with van der Waals surface area (Å²) in [6.07, 6.45) is 7.60. The average molecular weight is 337 g/mol. The number of piperidine rings is 1. The number of fused-ring (bicyclic) bond motifs is 1. The van der Waals surface area contributed by atoms with E-state index in [0.717, 1.165) is 28.9 Å². The molecule has 5 heteroatoms. The zero-order valence-electron chi connectivity index (χ0n) is 12.1. The van der Waals surface area contributed by atoms with Gasteiger partial charge in [0, 0.05) is 30.3 Å². The predicted octanol–water partition coefficient (Wildman–Crippen LogP) is 3.61. The van der Waals surface area contributed by atoms with Crippen molar-refractivity contribution in [3.8, 4) is 0 Å². The first-order chi connectivity index (χ1) is 9.70. The lowest BCUT2D eigenvalue weighted by molar-refractivity contribution is 0.488. The lowest BCUT2D eigenvalue weighted by Crippen LogP contribution is -2.41. The Morgan fingerprint density at radius 2 is 2.25 bits per heavy atom. The van der Waals surface area contributed by atoms with Crippen LogP contribution in [-0.2, 0) is 0 Å². The van der Waals surface area contributed by atoms with Crippen LogP contribution in [0.4, 0.5) is 5.82 Å². The summed E-state index contributed by atoms with van der Waals surface area (Å²) in [5.41, 5.74) is 2.26. The van der Waals surface area contributed by atoms with E-state index in [1.54, 1.807) is 0 Å². The fourth-order valence-corrected chi connectivity index (χ4v) is 3.54. The van der Waals surface area contributed by atoms with Crippen LogP contribution in [0.25, 0.3) is 5.52 Å². The highest BCUT2D eigenvalue weighted by Gasteiger charge is 2.24. The second-order valence-corrected chi connectivity index (χ2v) is 6.45. The van der Waals surface area contributed by atoms with E-state index in [2.05, 4.69) is 50.8 Å². The fourth-order valence-electron chi connectivity index (χ4n) is 2.87. The topological polar surface area (TPSA) is 33.4 Å². The van der Waals surface area contributed by atoms with Gasteiger partial charge >= 0.3 is 0 Å². The van der Waals surface area contributed by atoms with Crippen molar-refractivity contribution in [2.24, 2.45) is 0 Å². The molecule has 0 radical (unpaired) electrons. The highest BCUT2D eigenvalue weighted by molar-refractivity contribution is 9.09. The molecule has 1 aliphatic heterocycles. The number of alkyl halides is 1. The normalized spacial score (nSPS) is 20.0. The second-order valence-electron chi connectivity index (χ2n) is 5.80. The molecule has 1 atom stereocenters. The van der Waals surface area contributed by atoms with E-state index in [1.165, 1.54) is 19.3 Å². The van der Waals surface area contributed by atoms with Crippen molar-refractivity contribution in [3.05, 3.63) is 24.2 Å². The van der Waals surface area contributed by atoms with E-state index < -0.39 is 0 Å². The van der Waals surface area contributed by atoms with Crippen LogP contribution >= 0.6 is 15.9 Å². The number of halogens is 1. The summed E-state index contributed by atoms with van der Waals surface area (Å²) in [4.78, 5) is 7.09. The zero-order valence-corrected chi connectivity index (χ0v) is 13.7. The average Bonchev–Trinajstić information content (AvgIpc) is 2.91. The first-order valence-electron chi connectivity index (χ1n) is 7.37. The van der Waals surface area contributed by atoms with E-state index in [-0.39, 0.29) is 0 Å². The van der Waals surface area contributed by atoms with Crippen LogP contribution in [-0.4, -0.2) is 32.5 Å². The van der Waals surface area contributed by atoms with Crippen molar-refractivity contribution in [1.29, 1.82) is 0 Å². The highest BCUT2D eigenvalue weighted by atomic mass is 79.9. The van der Waals surface area contributed by atoms with Crippen LogP contribution in [0.15, 0.2) is 18.5 Å². The summed E-state index contributed by atoms with van der Waals surface area (Å²) in [5, 5.41) is 5.66. The van der Waals surface area contributed by atoms with Crippen LogP contribution in [0, 0.1) is 0 Å². The molecule has 1 saturated heterocycles. The van der Waals surface area contributed by atoms with Crippen molar-refractivity contribution < 1.29 is 0 Å². The van der Waals surface area contributed by atoms with E-state index in [4.69, 9.17) is 0 Å². The first-order valence-corrected chi connectivity index (χ1v) is 8.49. The maximum Gasteiger partial charge on any atom is 0.154 e.